The van der Waals surface area contributed by atoms with Crippen molar-refractivity contribution in [1.82, 2.24) is 4.98 Å². The van der Waals surface area contributed by atoms with Gasteiger partial charge in [-0.05, 0) is 49.4 Å². The first-order valence-corrected chi connectivity index (χ1v) is 6.72. The molecule has 1 aromatic carbocycles. The number of nitrogens with zero attached hydrogens (tertiary/aromatic N) is 1. The number of fused-ring (bicyclic) bond motifs is 1. The fourth-order valence-corrected chi connectivity index (χ4v) is 2.76. The summed E-state index contributed by atoms with van der Waals surface area (Å²) in [6, 6.07) is 7.17. The van der Waals surface area contributed by atoms with Crippen LogP contribution in [0, 0.1) is 10.1 Å². The molecule has 5 heteroatoms. The summed E-state index contributed by atoms with van der Waals surface area (Å²) in [5.41, 5.74) is 4.38. The van der Waals surface area contributed by atoms with Gasteiger partial charge < -0.3 is 9.72 Å². The highest BCUT2D eigenvalue weighted by molar-refractivity contribution is 5.67. The number of aryl methyl sites for hydroxylation is 2. The Kier molecular flexibility index (Phi) is 3.18. The van der Waals surface area contributed by atoms with Crippen LogP contribution < -0.4 is 4.74 Å². The summed E-state index contributed by atoms with van der Waals surface area (Å²) >= 11 is 0. The van der Waals surface area contributed by atoms with Crippen LogP contribution in [0.4, 0.5) is 5.69 Å². The van der Waals surface area contributed by atoms with Crippen molar-refractivity contribution in [2.45, 2.75) is 25.7 Å². The van der Waals surface area contributed by atoms with Gasteiger partial charge in [-0.2, -0.15) is 0 Å². The highest BCUT2D eigenvalue weighted by atomic mass is 16.6. The van der Waals surface area contributed by atoms with E-state index in [1.54, 1.807) is 12.1 Å². The molecule has 0 saturated heterocycles. The van der Waals surface area contributed by atoms with Crippen LogP contribution in [0.15, 0.2) is 24.3 Å². The SMILES string of the molecule is COc1ccc(-c2cc3c([nH]2)CCCC3)cc1[N+](=O)[O-]. The maximum absolute atomic E-state index is 11.1. The normalized spacial score (nSPS) is 13.8. The number of ether oxygens (including phenoxy) is 1. The molecule has 5 nitrogen and oxygen atoms in total. The quantitative estimate of drug-likeness (QED) is 0.687. The lowest BCUT2D eigenvalue weighted by molar-refractivity contribution is -0.385. The zero-order chi connectivity index (χ0) is 14.1. The van der Waals surface area contributed by atoms with Crippen LogP contribution in [0.25, 0.3) is 11.3 Å². The summed E-state index contributed by atoms with van der Waals surface area (Å²) in [6.07, 6.45) is 4.57. The minimum absolute atomic E-state index is 0.00225. The maximum atomic E-state index is 11.1. The van der Waals surface area contributed by atoms with Crippen molar-refractivity contribution in [2.75, 3.05) is 7.11 Å². The number of aromatic amines is 1. The number of methoxy groups -OCH3 is 1. The number of aromatic nitrogens is 1. The number of benzene rings is 1. The third-order valence-corrected chi connectivity index (χ3v) is 3.80. The van der Waals surface area contributed by atoms with Gasteiger partial charge in [-0.15, -0.1) is 0 Å². The van der Waals surface area contributed by atoms with Crippen LogP contribution in [0.5, 0.6) is 5.75 Å². The van der Waals surface area contributed by atoms with E-state index in [1.165, 1.54) is 31.2 Å². The average molecular weight is 272 g/mol. The van der Waals surface area contributed by atoms with E-state index in [0.717, 1.165) is 24.1 Å². The van der Waals surface area contributed by atoms with Gasteiger partial charge in [0.2, 0.25) is 0 Å². The van der Waals surface area contributed by atoms with Crippen LogP contribution in [-0.4, -0.2) is 17.0 Å². The standard InChI is InChI=1S/C15H16N2O3/c1-20-15-7-6-11(9-14(15)17(18)19)13-8-10-4-2-3-5-12(10)16-13/h6-9,16H,2-5H2,1H3. The van der Waals surface area contributed by atoms with Gasteiger partial charge in [0.1, 0.15) is 0 Å². The number of rotatable bonds is 3. The van der Waals surface area contributed by atoms with Crippen LogP contribution in [-0.2, 0) is 12.8 Å². The predicted molar refractivity (Wildman–Crippen MR) is 76.1 cm³/mol. The van der Waals surface area contributed by atoms with Crippen molar-refractivity contribution in [2.24, 2.45) is 0 Å². The Morgan fingerprint density at radius 2 is 2.05 bits per heavy atom. The molecule has 104 valence electrons. The largest absolute Gasteiger partial charge is 0.490 e. The number of H-pyrrole nitrogens is 1. The highest BCUT2D eigenvalue weighted by Gasteiger charge is 2.18. The van der Waals surface area contributed by atoms with Gasteiger partial charge in [0, 0.05) is 23.0 Å². The molecule has 1 heterocycles. The lowest BCUT2D eigenvalue weighted by Crippen LogP contribution is -1.99. The van der Waals surface area contributed by atoms with Crippen molar-refractivity contribution in [1.29, 1.82) is 0 Å². The molecule has 0 atom stereocenters. The van der Waals surface area contributed by atoms with Crippen molar-refractivity contribution in [3.8, 4) is 17.0 Å². The molecule has 0 unspecified atom stereocenters. The van der Waals surface area contributed by atoms with E-state index < -0.39 is 4.92 Å². The fourth-order valence-electron chi connectivity index (χ4n) is 2.76. The van der Waals surface area contributed by atoms with Crippen LogP contribution in [0.3, 0.4) is 0 Å². The van der Waals surface area contributed by atoms with E-state index in [1.807, 2.05) is 6.07 Å². The smallest absolute Gasteiger partial charge is 0.311 e. The summed E-state index contributed by atoms with van der Waals surface area (Å²) in [7, 11) is 1.44. The molecule has 0 bridgehead atoms. The minimum atomic E-state index is -0.412. The Labute approximate surface area is 116 Å². The number of nitrogens with one attached hydrogen (secondary N) is 1. The monoisotopic (exact) mass is 272 g/mol. The Bertz CT molecular complexity index is 638. The Balaban J connectivity index is 2.03. The zero-order valence-corrected chi connectivity index (χ0v) is 11.3. The van der Waals surface area contributed by atoms with E-state index >= 15 is 0 Å². The van der Waals surface area contributed by atoms with Gasteiger partial charge >= 0.3 is 5.69 Å². The summed E-state index contributed by atoms with van der Waals surface area (Å²) in [6.45, 7) is 0. The first-order valence-electron chi connectivity index (χ1n) is 6.72. The molecule has 0 radical (unpaired) electrons. The molecule has 0 spiro atoms. The van der Waals surface area contributed by atoms with E-state index in [2.05, 4.69) is 11.1 Å². The molecular weight excluding hydrogens is 256 g/mol. The van der Waals surface area contributed by atoms with Crippen LogP contribution in [0.1, 0.15) is 24.1 Å². The molecular formula is C15H16N2O3. The Hall–Kier alpha value is -2.30. The molecule has 1 N–H and O–H groups in total. The van der Waals surface area contributed by atoms with Gasteiger partial charge in [-0.3, -0.25) is 10.1 Å². The zero-order valence-electron chi connectivity index (χ0n) is 11.3. The summed E-state index contributed by atoms with van der Waals surface area (Å²) in [5, 5.41) is 11.1. The van der Waals surface area contributed by atoms with Crippen LogP contribution >= 0.6 is 0 Å². The molecule has 1 aromatic heterocycles. The molecule has 0 amide bonds. The lowest BCUT2D eigenvalue weighted by atomic mass is 9.98. The predicted octanol–water partition coefficient (Wildman–Crippen LogP) is 3.48. The van der Waals surface area contributed by atoms with Gasteiger partial charge in [-0.25, -0.2) is 0 Å². The first-order chi connectivity index (χ1) is 9.69. The van der Waals surface area contributed by atoms with Crippen molar-refractivity contribution in [3.63, 3.8) is 0 Å². The second kappa shape index (κ2) is 5.00. The molecule has 1 aliphatic carbocycles. The topological polar surface area (TPSA) is 68.2 Å². The fraction of sp³-hybridized carbons (Fsp3) is 0.333. The molecule has 3 rings (SSSR count). The average Bonchev–Trinajstić information content (AvgIpc) is 2.90. The third-order valence-electron chi connectivity index (χ3n) is 3.80. The highest BCUT2D eigenvalue weighted by Crippen LogP contribution is 2.33. The Morgan fingerprint density at radius 3 is 2.75 bits per heavy atom. The first kappa shape index (κ1) is 12.7. The lowest BCUT2D eigenvalue weighted by Gasteiger charge is -2.09. The van der Waals surface area contributed by atoms with Gasteiger partial charge in [0.25, 0.3) is 0 Å². The Morgan fingerprint density at radius 1 is 1.25 bits per heavy atom. The van der Waals surface area contributed by atoms with Gasteiger partial charge in [0.15, 0.2) is 5.75 Å². The summed E-state index contributed by atoms with van der Waals surface area (Å²) in [4.78, 5) is 14.1. The van der Waals surface area contributed by atoms with Crippen LogP contribution in [0.2, 0.25) is 0 Å². The van der Waals surface area contributed by atoms with Gasteiger partial charge in [0.05, 0.1) is 12.0 Å². The van der Waals surface area contributed by atoms with Crippen molar-refractivity contribution in [3.05, 3.63) is 45.6 Å². The second-order valence-corrected chi connectivity index (χ2v) is 5.04. The van der Waals surface area contributed by atoms with Gasteiger partial charge in [-0.1, -0.05) is 0 Å². The third kappa shape index (κ3) is 2.15. The molecule has 20 heavy (non-hydrogen) atoms. The molecule has 0 aliphatic heterocycles. The van der Waals surface area contributed by atoms with E-state index in [-0.39, 0.29) is 11.4 Å². The number of nitro groups is 1. The van der Waals surface area contributed by atoms with E-state index in [9.17, 15) is 10.1 Å². The maximum Gasteiger partial charge on any atom is 0.311 e. The number of hydrogen-bond acceptors (Lipinski definition) is 3. The van der Waals surface area contributed by atoms with Crippen molar-refractivity contribution < 1.29 is 9.66 Å². The minimum Gasteiger partial charge on any atom is -0.490 e. The van der Waals surface area contributed by atoms with Crippen molar-refractivity contribution >= 4 is 5.69 Å². The number of hydrogen-bond donors (Lipinski definition) is 1. The second-order valence-electron chi connectivity index (χ2n) is 5.04. The summed E-state index contributed by atoms with van der Waals surface area (Å²) in [5.74, 6) is 0.287. The molecule has 0 fully saturated rings. The number of nitro benzene ring substituents is 1. The molecule has 2 aromatic rings. The summed E-state index contributed by atoms with van der Waals surface area (Å²) < 4.78 is 5.03. The molecule has 0 saturated carbocycles. The molecule has 1 aliphatic rings. The van der Waals surface area contributed by atoms with E-state index in [4.69, 9.17) is 4.74 Å². The van der Waals surface area contributed by atoms with E-state index in [0.29, 0.717) is 0 Å².